The minimum Gasteiger partial charge on any atom is -0.469 e. The number of fused-ring (bicyclic) bond motifs is 1. The number of halogens is 2. The molecular formula is C20H13Cl2N3O4. The summed E-state index contributed by atoms with van der Waals surface area (Å²) in [4.78, 5) is 29.2. The predicted molar refractivity (Wildman–Crippen MR) is 108 cm³/mol. The van der Waals surface area contributed by atoms with E-state index < -0.39 is 16.9 Å². The molecule has 1 aliphatic heterocycles. The molecule has 0 fully saturated rings. The maximum absolute atomic E-state index is 13.3. The molecular weight excluding hydrogens is 417 g/mol. The molecule has 4 rings (SSSR count). The summed E-state index contributed by atoms with van der Waals surface area (Å²) in [5, 5.41) is 12.0. The van der Waals surface area contributed by atoms with Gasteiger partial charge in [-0.05, 0) is 33.7 Å². The van der Waals surface area contributed by atoms with Gasteiger partial charge in [-0.15, -0.1) is 0 Å². The number of amides is 1. The summed E-state index contributed by atoms with van der Waals surface area (Å²) in [5.41, 5.74) is 1.28. The normalized spacial score (nSPS) is 15.6. The van der Waals surface area contributed by atoms with Crippen LogP contribution in [0.2, 0.25) is 10.0 Å². The van der Waals surface area contributed by atoms with E-state index in [1.165, 1.54) is 17.0 Å². The van der Waals surface area contributed by atoms with Gasteiger partial charge >= 0.3 is 5.82 Å². The Balaban J connectivity index is 1.80. The largest absolute Gasteiger partial charge is 0.469 e. The van der Waals surface area contributed by atoms with Crippen LogP contribution < -0.4 is 9.64 Å². The van der Waals surface area contributed by atoms with E-state index in [4.69, 9.17) is 27.9 Å². The molecule has 7 nitrogen and oxygen atoms in total. The number of carbonyl (C=O) groups is 1. The summed E-state index contributed by atoms with van der Waals surface area (Å²) in [6.07, 6.45) is -0.905. The van der Waals surface area contributed by atoms with Gasteiger partial charge in [0.1, 0.15) is 0 Å². The third-order valence-corrected chi connectivity index (χ3v) is 5.04. The standard InChI is InChI=1S/C20H13Cl2N3O4/c21-14-7-6-13(15(22)10-14)11-24-19-16(8-9-17(23-19)25(27)28)29-18(20(24)26)12-4-2-1-3-5-12/h1-10,18H,11H2. The first-order chi connectivity index (χ1) is 13.9. The maximum Gasteiger partial charge on any atom is 0.366 e. The van der Waals surface area contributed by atoms with Crippen molar-refractivity contribution in [1.82, 2.24) is 4.98 Å². The number of pyridine rings is 1. The number of rotatable bonds is 4. The first-order valence-corrected chi connectivity index (χ1v) is 9.32. The van der Waals surface area contributed by atoms with Crippen molar-refractivity contribution in [2.24, 2.45) is 0 Å². The molecule has 9 heteroatoms. The van der Waals surface area contributed by atoms with Crippen molar-refractivity contribution in [2.75, 3.05) is 4.90 Å². The summed E-state index contributed by atoms with van der Waals surface area (Å²) in [5.74, 6) is -0.440. The Morgan fingerprint density at radius 2 is 1.86 bits per heavy atom. The molecule has 29 heavy (non-hydrogen) atoms. The fourth-order valence-corrected chi connectivity index (χ4v) is 3.52. The minimum absolute atomic E-state index is 0.0582. The zero-order chi connectivity index (χ0) is 20.5. The molecule has 1 aliphatic rings. The van der Waals surface area contributed by atoms with Crippen molar-refractivity contribution in [3.8, 4) is 5.75 Å². The Labute approximate surface area is 175 Å². The Kier molecular flexibility index (Phi) is 5.08. The highest BCUT2D eigenvalue weighted by atomic mass is 35.5. The van der Waals surface area contributed by atoms with E-state index in [0.29, 0.717) is 21.2 Å². The maximum atomic E-state index is 13.3. The molecule has 3 aromatic rings. The van der Waals surface area contributed by atoms with E-state index >= 15 is 0 Å². The second kappa shape index (κ2) is 7.69. The van der Waals surface area contributed by atoms with Gasteiger partial charge in [-0.2, -0.15) is 0 Å². The van der Waals surface area contributed by atoms with Crippen molar-refractivity contribution in [1.29, 1.82) is 0 Å². The van der Waals surface area contributed by atoms with Crippen LogP contribution in [-0.4, -0.2) is 15.8 Å². The van der Waals surface area contributed by atoms with Crippen molar-refractivity contribution >= 4 is 40.7 Å². The molecule has 0 radical (unpaired) electrons. The van der Waals surface area contributed by atoms with Crippen LogP contribution in [0.4, 0.5) is 11.6 Å². The number of nitro groups is 1. The second-order valence-electron chi connectivity index (χ2n) is 6.32. The lowest BCUT2D eigenvalue weighted by atomic mass is 10.1. The molecule has 0 saturated heterocycles. The first kappa shape index (κ1) is 19.2. The minimum atomic E-state index is -0.905. The van der Waals surface area contributed by atoms with E-state index in [0.717, 1.165) is 0 Å². The topological polar surface area (TPSA) is 85.6 Å². The zero-order valence-electron chi connectivity index (χ0n) is 14.8. The van der Waals surface area contributed by atoms with Crippen LogP contribution in [0.25, 0.3) is 0 Å². The van der Waals surface area contributed by atoms with E-state index in [1.54, 1.807) is 42.5 Å². The molecule has 0 aliphatic carbocycles. The lowest BCUT2D eigenvalue weighted by Gasteiger charge is -2.31. The highest BCUT2D eigenvalue weighted by Gasteiger charge is 2.40. The monoisotopic (exact) mass is 429 g/mol. The number of aromatic nitrogens is 1. The van der Waals surface area contributed by atoms with Crippen LogP contribution in [0, 0.1) is 10.1 Å². The fourth-order valence-electron chi connectivity index (χ4n) is 3.05. The number of hydrogen-bond acceptors (Lipinski definition) is 5. The Bertz CT molecular complexity index is 1110. The van der Waals surface area contributed by atoms with Crippen LogP contribution in [0.15, 0.2) is 60.7 Å². The number of nitrogens with zero attached hydrogens (tertiary/aromatic N) is 3. The molecule has 0 N–H and O–H groups in total. The van der Waals surface area contributed by atoms with Gasteiger partial charge in [0.25, 0.3) is 11.7 Å². The summed E-state index contributed by atoms with van der Waals surface area (Å²) < 4.78 is 5.85. The molecule has 1 aromatic heterocycles. The van der Waals surface area contributed by atoms with Gasteiger partial charge in [0.15, 0.2) is 5.75 Å². The highest BCUT2D eigenvalue weighted by molar-refractivity contribution is 6.35. The molecule has 0 bridgehead atoms. The molecule has 1 unspecified atom stereocenters. The Morgan fingerprint density at radius 3 is 2.55 bits per heavy atom. The van der Waals surface area contributed by atoms with E-state index in [9.17, 15) is 14.9 Å². The Hall–Kier alpha value is -3.16. The van der Waals surface area contributed by atoms with Gasteiger partial charge < -0.3 is 14.9 Å². The summed E-state index contributed by atoms with van der Waals surface area (Å²) >= 11 is 12.2. The first-order valence-electron chi connectivity index (χ1n) is 8.56. The van der Waals surface area contributed by atoms with Crippen LogP contribution in [0.1, 0.15) is 17.2 Å². The fraction of sp³-hybridized carbons (Fsp3) is 0.100. The van der Waals surface area contributed by atoms with Crippen molar-refractivity contribution in [3.63, 3.8) is 0 Å². The van der Waals surface area contributed by atoms with Crippen LogP contribution in [-0.2, 0) is 11.3 Å². The van der Waals surface area contributed by atoms with Gasteiger partial charge in [0, 0.05) is 21.7 Å². The highest BCUT2D eigenvalue weighted by Crippen LogP contribution is 2.40. The van der Waals surface area contributed by atoms with Crippen molar-refractivity contribution in [2.45, 2.75) is 12.6 Å². The molecule has 0 saturated carbocycles. The summed E-state index contributed by atoms with van der Waals surface area (Å²) in [6, 6.07) is 16.6. The number of hydrogen-bond donors (Lipinski definition) is 0. The quantitative estimate of drug-likeness (QED) is 0.431. The van der Waals surface area contributed by atoms with E-state index in [2.05, 4.69) is 4.98 Å². The van der Waals surface area contributed by atoms with E-state index in [-0.39, 0.29) is 23.9 Å². The smallest absolute Gasteiger partial charge is 0.366 e. The third kappa shape index (κ3) is 3.74. The SMILES string of the molecule is O=C1C(c2ccccc2)Oc2ccc([N+](=O)[O-])nc2N1Cc1ccc(Cl)cc1Cl. The van der Waals surface area contributed by atoms with Gasteiger partial charge in [0.2, 0.25) is 6.10 Å². The molecule has 2 heterocycles. The molecule has 1 atom stereocenters. The average molecular weight is 430 g/mol. The average Bonchev–Trinajstić information content (AvgIpc) is 2.71. The van der Waals surface area contributed by atoms with Crippen LogP contribution in [0.3, 0.4) is 0 Å². The van der Waals surface area contributed by atoms with Crippen LogP contribution in [0.5, 0.6) is 5.75 Å². The lowest BCUT2D eigenvalue weighted by molar-refractivity contribution is -0.389. The Morgan fingerprint density at radius 1 is 1.10 bits per heavy atom. The second-order valence-corrected chi connectivity index (χ2v) is 7.16. The zero-order valence-corrected chi connectivity index (χ0v) is 16.3. The van der Waals surface area contributed by atoms with Crippen LogP contribution >= 0.6 is 23.2 Å². The third-order valence-electron chi connectivity index (χ3n) is 4.45. The summed E-state index contributed by atoms with van der Waals surface area (Å²) in [6.45, 7) is 0.0582. The molecule has 1 amide bonds. The molecule has 146 valence electrons. The number of anilines is 1. The summed E-state index contributed by atoms with van der Waals surface area (Å²) in [7, 11) is 0. The number of ether oxygens (including phenoxy) is 1. The molecule has 0 spiro atoms. The van der Waals surface area contributed by atoms with Gasteiger partial charge in [-0.1, -0.05) is 59.6 Å². The lowest BCUT2D eigenvalue weighted by Crippen LogP contribution is -2.41. The van der Waals surface area contributed by atoms with E-state index in [1.807, 2.05) is 6.07 Å². The van der Waals surface area contributed by atoms with Gasteiger partial charge in [-0.25, -0.2) is 0 Å². The number of carbonyl (C=O) groups excluding carboxylic acids is 1. The van der Waals surface area contributed by atoms with Crippen molar-refractivity contribution in [3.05, 3.63) is 92.0 Å². The van der Waals surface area contributed by atoms with Gasteiger partial charge in [0.05, 0.1) is 6.54 Å². The molecule has 2 aromatic carbocycles. The van der Waals surface area contributed by atoms with Crippen molar-refractivity contribution < 1.29 is 14.5 Å². The number of benzene rings is 2. The predicted octanol–water partition coefficient (Wildman–Crippen LogP) is 4.96. The van der Waals surface area contributed by atoms with Gasteiger partial charge in [-0.3, -0.25) is 9.69 Å².